The van der Waals surface area contributed by atoms with Gasteiger partial charge in [-0.2, -0.15) is 0 Å². The van der Waals surface area contributed by atoms with Crippen LogP contribution in [0.15, 0.2) is 0 Å². The highest BCUT2D eigenvalue weighted by molar-refractivity contribution is 6.18. The van der Waals surface area contributed by atoms with Crippen molar-refractivity contribution in [3.05, 3.63) is 0 Å². The van der Waals surface area contributed by atoms with Gasteiger partial charge in [0, 0.05) is 32.1 Å². The van der Waals surface area contributed by atoms with Gasteiger partial charge in [0.05, 0.1) is 19.3 Å². The summed E-state index contributed by atoms with van der Waals surface area (Å²) in [5, 5.41) is 0. The Morgan fingerprint density at radius 2 is 2.33 bits per heavy atom. The van der Waals surface area contributed by atoms with Gasteiger partial charge in [-0.05, 0) is 6.42 Å². The topological polar surface area (TPSA) is 21.7 Å². The molecule has 1 saturated heterocycles. The van der Waals surface area contributed by atoms with E-state index < -0.39 is 0 Å². The molecule has 1 atom stereocenters. The van der Waals surface area contributed by atoms with Gasteiger partial charge in [0.25, 0.3) is 0 Å². The lowest BCUT2D eigenvalue weighted by atomic mass is 10.3. The number of unbranched alkanes of at least 4 members (excludes halogenated alkanes) is 1. The van der Waals surface area contributed by atoms with Crippen LogP contribution in [-0.4, -0.2) is 56.3 Å². The van der Waals surface area contributed by atoms with Crippen molar-refractivity contribution < 1.29 is 9.47 Å². The highest BCUT2D eigenvalue weighted by atomic mass is 35.5. The molecule has 1 fully saturated rings. The molecule has 0 N–H and O–H groups in total. The van der Waals surface area contributed by atoms with Gasteiger partial charge in [-0.15, -0.1) is 11.6 Å². The molecular weight excluding hydrogens is 214 g/mol. The second kappa shape index (κ2) is 8.34. The third kappa shape index (κ3) is 5.71. The van der Waals surface area contributed by atoms with Gasteiger partial charge in [-0.25, -0.2) is 0 Å². The van der Waals surface area contributed by atoms with Crippen LogP contribution < -0.4 is 0 Å². The van der Waals surface area contributed by atoms with Gasteiger partial charge in [0.15, 0.2) is 0 Å². The Morgan fingerprint density at radius 3 is 3.07 bits per heavy atom. The Morgan fingerprint density at radius 1 is 1.47 bits per heavy atom. The summed E-state index contributed by atoms with van der Waals surface area (Å²) in [6.45, 7) is 7.64. The van der Waals surface area contributed by atoms with E-state index in [1.54, 1.807) is 0 Å². The maximum atomic E-state index is 5.77. The number of hydrogen-bond acceptors (Lipinski definition) is 3. The smallest absolute Gasteiger partial charge is 0.0837 e. The minimum absolute atomic E-state index is 0.205. The van der Waals surface area contributed by atoms with Crippen LogP contribution in [0.5, 0.6) is 0 Å². The molecule has 1 rings (SSSR count). The van der Waals surface area contributed by atoms with Crippen LogP contribution in [0.25, 0.3) is 0 Å². The maximum absolute atomic E-state index is 5.77. The van der Waals surface area contributed by atoms with Crippen molar-refractivity contribution in [3.63, 3.8) is 0 Å². The van der Waals surface area contributed by atoms with E-state index >= 15 is 0 Å². The summed E-state index contributed by atoms with van der Waals surface area (Å²) in [6, 6.07) is 0. The van der Waals surface area contributed by atoms with Crippen LogP contribution in [0.2, 0.25) is 0 Å². The molecule has 0 radical (unpaired) electrons. The van der Waals surface area contributed by atoms with Crippen LogP contribution >= 0.6 is 11.6 Å². The number of nitrogens with zero attached hydrogens (tertiary/aromatic N) is 1. The molecule has 1 unspecified atom stereocenters. The number of ether oxygens (including phenoxy) is 2. The first-order chi connectivity index (χ1) is 7.36. The molecule has 0 aromatic heterocycles. The molecule has 1 aliphatic rings. The number of halogens is 1. The van der Waals surface area contributed by atoms with Gasteiger partial charge in [-0.1, -0.05) is 13.3 Å². The lowest BCUT2D eigenvalue weighted by molar-refractivity contribution is -0.0254. The first kappa shape index (κ1) is 13.2. The molecule has 0 bridgehead atoms. The summed E-state index contributed by atoms with van der Waals surface area (Å²) in [7, 11) is 0. The van der Waals surface area contributed by atoms with Gasteiger partial charge in [0.2, 0.25) is 0 Å². The Labute approximate surface area is 97.7 Å². The van der Waals surface area contributed by atoms with Crippen molar-refractivity contribution in [2.24, 2.45) is 0 Å². The van der Waals surface area contributed by atoms with Gasteiger partial charge < -0.3 is 9.47 Å². The van der Waals surface area contributed by atoms with E-state index in [2.05, 4.69) is 11.8 Å². The summed E-state index contributed by atoms with van der Waals surface area (Å²) >= 11 is 5.77. The summed E-state index contributed by atoms with van der Waals surface area (Å²) < 4.78 is 11.0. The molecule has 3 nitrogen and oxygen atoms in total. The summed E-state index contributed by atoms with van der Waals surface area (Å²) in [6.07, 6.45) is 2.57. The van der Waals surface area contributed by atoms with Crippen LogP contribution in [-0.2, 0) is 9.47 Å². The third-order valence-electron chi connectivity index (χ3n) is 2.59. The van der Waals surface area contributed by atoms with E-state index in [0.29, 0.717) is 5.88 Å². The summed E-state index contributed by atoms with van der Waals surface area (Å²) in [4.78, 5) is 2.36. The lowest BCUT2D eigenvalue weighted by Gasteiger charge is -2.31. The summed E-state index contributed by atoms with van der Waals surface area (Å²) in [5.74, 6) is 0.590. The number of alkyl halides is 1. The maximum Gasteiger partial charge on any atom is 0.0837 e. The molecule has 0 amide bonds. The minimum atomic E-state index is 0.205. The highest BCUT2D eigenvalue weighted by Gasteiger charge is 2.18. The monoisotopic (exact) mass is 235 g/mol. The third-order valence-corrected chi connectivity index (χ3v) is 2.93. The molecule has 1 heterocycles. The number of rotatable bonds is 7. The average Bonchev–Trinajstić information content (AvgIpc) is 2.29. The van der Waals surface area contributed by atoms with Gasteiger partial charge in [0.1, 0.15) is 0 Å². The van der Waals surface area contributed by atoms with Crippen LogP contribution in [0, 0.1) is 0 Å². The standard InChI is InChI=1S/C11H22ClNO2/c1-2-3-6-14-7-4-13-5-8-15-11(9-12)10-13/h11H,2-10H2,1H3. The first-order valence-corrected chi connectivity index (χ1v) is 6.38. The zero-order chi connectivity index (χ0) is 10.9. The fraction of sp³-hybridized carbons (Fsp3) is 1.00. The zero-order valence-electron chi connectivity index (χ0n) is 9.58. The van der Waals surface area contributed by atoms with E-state index in [1.165, 1.54) is 6.42 Å². The van der Waals surface area contributed by atoms with E-state index in [-0.39, 0.29) is 6.10 Å². The molecular formula is C11H22ClNO2. The molecule has 0 spiro atoms. The predicted molar refractivity (Wildman–Crippen MR) is 62.6 cm³/mol. The van der Waals surface area contributed by atoms with Crippen molar-refractivity contribution >= 4 is 11.6 Å². The fourth-order valence-electron chi connectivity index (χ4n) is 1.62. The van der Waals surface area contributed by atoms with E-state index in [9.17, 15) is 0 Å². The second-order valence-electron chi connectivity index (χ2n) is 3.91. The number of morpholine rings is 1. The minimum Gasteiger partial charge on any atom is -0.380 e. The quantitative estimate of drug-likeness (QED) is 0.496. The van der Waals surface area contributed by atoms with Crippen molar-refractivity contribution in [1.82, 2.24) is 4.90 Å². The van der Waals surface area contributed by atoms with E-state index in [0.717, 1.165) is 45.9 Å². The average molecular weight is 236 g/mol. The molecule has 1 aliphatic heterocycles. The molecule has 0 aliphatic carbocycles. The normalized spacial score (nSPS) is 23.2. The highest BCUT2D eigenvalue weighted by Crippen LogP contribution is 2.06. The molecule has 90 valence electrons. The van der Waals surface area contributed by atoms with Crippen molar-refractivity contribution in [1.29, 1.82) is 0 Å². The van der Waals surface area contributed by atoms with E-state index in [1.807, 2.05) is 0 Å². The van der Waals surface area contributed by atoms with Crippen LogP contribution in [0.3, 0.4) is 0 Å². The van der Waals surface area contributed by atoms with Crippen molar-refractivity contribution in [2.45, 2.75) is 25.9 Å². The molecule has 0 aromatic carbocycles. The van der Waals surface area contributed by atoms with Crippen molar-refractivity contribution in [2.75, 3.05) is 45.3 Å². The summed E-state index contributed by atoms with van der Waals surface area (Å²) in [5.41, 5.74) is 0. The SMILES string of the molecule is CCCCOCCN1CCOC(CCl)C1. The first-order valence-electron chi connectivity index (χ1n) is 5.84. The molecule has 15 heavy (non-hydrogen) atoms. The van der Waals surface area contributed by atoms with Gasteiger partial charge in [-0.3, -0.25) is 4.90 Å². The van der Waals surface area contributed by atoms with Gasteiger partial charge >= 0.3 is 0 Å². The Kier molecular flexibility index (Phi) is 7.36. The molecule has 4 heteroatoms. The number of hydrogen-bond donors (Lipinski definition) is 0. The Balaban J connectivity index is 2.00. The predicted octanol–water partition coefficient (Wildman–Crippen LogP) is 1.74. The zero-order valence-corrected chi connectivity index (χ0v) is 10.3. The largest absolute Gasteiger partial charge is 0.380 e. The van der Waals surface area contributed by atoms with Crippen LogP contribution in [0.1, 0.15) is 19.8 Å². The Hall–Kier alpha value is 0.170. The molecule has 0 saturated carbocycles. The molecule has 0 aromatic rings. The van der Waals surface area contributed by atoms with Crippen LogP contribution in [0.4, 0.5) is 0 Å². The second-order valence-corrected chi connectivity index (χ2v) is 4.22. The van der Waals surface area contributed by atoms with E-state index in [4.69, 9.17) is 21.1 Å². The van der Waals surface area contributed by atoms with Crippen molar-refractivity contribution in [3.8, 4) is 0 Å². The fourth-order valence-corrected chi connectivity index (χ4v) is 1.81. The lowest BCUT2D eigenvalue weighted by Crippen LogP contribution is -2.44. The Bertz CT molecular complexity index is 158.